The molecule has 1 N–H and O–H groups in total. The minimum atomic E-state index is -0.424. The van der Waals surface area contributed by atoms with Crippen molar-refractivity contribution in [1.82, 2.24) is 0 Å². The number of esters is 1. The van der Waals surface area contributed by atoms with Gasteiger partial charge in [-0.3, -0.25) is 0 Å². The van der Waals surface area contributed by atoms with Crippen molar-refractivity contribution in [2.75, 3.05) is 6.79 Å². The van der Waals surface area contributed by atoms with Crippen LogP contribution in [0.5, 0.6) is 23.0 Å². The third-order valence-corrected chi connectivity index (χ3v) is 2.01. The Kier molecular flexibility index (Phi) is 0.950. The smallest absolute Gasteiger partial charge is 0.347 e. The van der Waals surface area contributed by atoms with E-state index < -0.39 is 5.97 Å². The summed E-state index contributed by atoms with van der Waals surface area (Å²) in [6, 6.07) is 1.45. The average Bonchev–Trinajstić information content (AvgIpc) is 2.10. The van der Waals surface area contributed by atoms with Crippen LogP contribution >= 0.6 is 0 Å². The molecule has 1 aromatic rings. The molecule has 0 spiro atoms. The van der Waals surface area contributed by atoms with Gasteiger partial charge in [-0.1, -0.05) is 0 Å². The molecule has 66 valence electrons. The summed E-state index contributed by atoms with van der Waals surface area (Å²) in [6.07, 6.45) is 0. The van der Waals surface area contributed by atoms with Crippen molar-refractivity contribution >= 4 is 5.97 Å². The second kappa shape index (κ2) is 1.87. The summed E-state index contributed by atoms with van der Waals surface area (Å²) in [7, 11) is 0. The maximum atomic E-state index is 10.9. The van der Waals surface area contributed by atoms with Crippen molar-refractivity contribution in [1.29, 1.82) is 0 Å². The molecule has 0 saturated carbocycles. The van der Waals surface area contributed by atoms with Gasteiger partial charge in [0.2, 0.25) is 18.3 Å². The van der Waals surface area contributed by atoms with Gasteiger partial charge in [-0.25, -0.2) is 4.79 Å². The minimum Gasteiger partial charge on any atom is -0.502 e. The van der Waals surface area contributed by atoms with Gasteiger partial charge in [-0.2, -0.15) is 0 Å². The number of carbonyl (C=O) groups is 1. The highest BCUT2D eigenvalue weighted by Crippen LogP contribution is 2.51. The molecule has 0 fully saturated rings. The van der Waals surface area contributed by atoms with Gasteiger partial charge in [0.1, 0.15) is 5.56 Å². The zero-order valence-corrected chi connectivity index (χ0v) is 6.36. The summed E-state index contributed by atoms with van der Waals surface area (Å²) in [5.74, 6) is 0.216. The van der Waals surface area contributed by atoms with Gasteiger partial charge in [0, 0.05) is 6.07 Å². The first kappa shape index (κ1) is 6.59. The van der Waals surface area contributed by atoms with Crippen LogP contribution in [0.4, 0.5) is 0 Å². The molecule has 2 bridgehead atoms. The maximum Gasteiger partial charge on any atom is 0.347 e. The van der Waals surface area contributed by atoms with Crippen LogP contribution < -0.4 is 14.2 Å². The van der Waals surface area contributed by atoms with Gasteiger partial charge in [0.25, 0.3) is 0 Å². The van der Waals surface area contributed by atoms with E-state index in [1.165, 1.54) is 6.07 Å². The van der Waals surface area contributed by atoms with Gasteiger partial charge >= 0.3 is 5.97 Å². The van der Waals surface area contributed by atoms with Crippen molar-refractivity contribution in [2.45, 2.75) is 0 Å². The lowest BCUT2D eigenvalue weighted by molar-refractivity contribution is 0.0571. The van der Waals surface area contributed by atoms with Crippen molar-refractivity contribution in [2.24, 2.45) is 0 Å². The molecule has 0 amide bonds. The Balaban J connectivity index is 2.33. The van der Waals surface area contributed by atoms with Crippen LogP contribution in [0.25, 0.3) is 0 Å². The van der Waals surface area contributed by atoms with E-state index in [0.29, 0.717) is 11.3 Å². The van der Waals surface area contributed by atoms with Crippen LogP contribution in [0.2, 0.25) is 0 Å². The number of phenolic OH excluding ortho intramolecular Hbond substituents is 1. The standard InChI is InChI=1S/C8H4O5/c9-5-4-1-3-6(13-8(3)10)7(5)12-2-11-4/h1,9H,2H2. The third kappa shape index (κ3) is 0.641. The molecular weight excluding hydrogens is 176 g/mol. The minimum absolute atomic E-state index is 0.0273. The second-order valence-electron chi connectivity index (χ2n) is 2.73. The number of aromatic hydroxyl groups is 1. The second-order valence-corrected chi connectivity index (χ2v) is 2.73. The number of phenols is 1. The normalized spacial score (nSPS) is 16.2. The van der Waals surface area contributed by atoms with Crippen molar-refractivity contribution in [3.8, 4) is 23.0 Å². The van der Waals surface area contributed by atoms with Crippen LogP contribution in [0, 0.1) is 0 Å². The number of carbonyl (C=O) groups excluding carboxylic acids is 1. The predicted octanol–water partition coefficient (Wildman–Crippen LogP) is 0.653. The first-order valence-electron chi connectivity index (χ1n) is 3.65. The lowest BCUT2D eigenvalue weighted by Crippen LogP contribution is -2.24. The van der Waals surface area contributed by atoms with E-state index in [0.717, 1.165) is 0 Å². The SMILES string of the molecule is O=C1Oc2c1cc1c(O)c2OCO1. The monoisotopic (exact) mass is 180 g/mol. The van der Waals surface area contributed by atoms with E-state index in [9.17, 15) is 9.90 Å². The first-order valence-corrected chi connectivity index (χ1v) is 3.65. The third-order valence-electron chi connectivity index (χ3n) is 2.01. The van der Waals surface area contributed by atoms with E-state index in [4.69, 9.17) is 14.2 Å². The Morgan fingerprint density at radius 2 is 2.15 bits per heavy atom. The molecule has 1 aromatic carbocycles. The fraction of sp³-hybridized carbons (Fsp3) is 0.125. The first-order chi connectivity index (χ1) is 6.27. The van der Waals surface area contributed by atoms with Gasteiger partial charge < -0.3 is 19.3 Å². The molecule has 13 heavy (non-hydrogen) atoms. The largest absolute Gasteiger partial charge is 0.502 e. The van der Waals surface area contributed by atoms with Crippen LogP contribution in [-0.2, 0) is 0 Å². The molecule has 2 aliphatic heterocycles. The average molecular weight is 180 g/mol. The molecule has 5 nitrogen and oxygen atoms in total. The van der Waals surface area contributed by atoms with E-state index in [-0.39, 0.29) is 24.0 Å². The van der Waals surface area contributed by atoms with E-state index >= 15 is 0 Å². The highest BCUT2D eigenvalue weighted by atomic mass is 16.7. The molecule has 3 rings (SSSR count). The maximum absolute atomic E-state index is 10.9. The van der Waals surface area contributed by atoms with Crippen LogP contribution in [-0.4, -0.2) is 17.9 Å². The summed E-state index contributed by atoms with van der Waals surface area (Å²) < 4.78 is 14.6. The summed E-state index contributed by atoms with van der Waals surface area (Å²) in [4.78, 5) is 10.9. The number of ether oxygens (including phenoxy) is 3. The Morgan fingerprint density at radius 3 is 2.92 bits per heavy atom. The fourth-order valence-corrected chi connectivity index (χ4v) is 1.36. The molecular formula is C8H4O5. The van der Waals surface area contributed by atoms with Crippen LogP contribution in [0.15, 0.2) is 6.07 Å². The fourth-order valence-electron chi connectivity index (χ4n) is 1.36. The van der Waals surface area contributed by atoms with Gasteiger partial charge in [0.05, 0.1) is 0 Å². The number of hydrogen-bond donors (Lipinski definition) is 1. The summed E-state index contributed by atoms with van der Waals surface area (Å²) in [5.41, 5.74) is 0.391. The number of hydrogen-bond acceptors (Lipinski definition) is 5. The highest BCUT2D eigenvalue weighted by molar-refractivity contribution is 6.04. The molecule has 0 aromatic heterocycles. The predicted molar refractivity (Wildman–Crippen MR) is 39.2 cm³/mol. The van der Waals surface area contributed by atoms with Gasteiger partial charge in [-0.15, -0.1) is 0 Å². The molecule has 2 aliphatic rings. The van der Waals surface area contributed by atoms with E-state index in [1.807, 2.05) is 0 Å². The molecule has 2 heterocycles. The molecule has 0 atom stereocenters. The Morgan fingerprint density at radius 1 is 1.31 bits per heavy atom. The number of rotatable bonds is 0. The highest BCUT2D eigenvalue weighted by Gasteiger charge is 2.36. The summed E-state index contributed by atoms with van der Waals surface area (Å²) in [5, 5.41) is 9.43. The lowest BCUT2D eigenvalue weighted by Gasteiger charge is -2.26. The Hall–Kier alpha value is -1.91. The zero-order valence-electron chi connectivity index (χ0n) is 6.36. The molecule has 5 heteroatoms. The molecule has 0 saturated heterocycles. The summed E-state index contributed by atoms with van der Waals surface area (Å²) >= 11 is 0. The van der Waals surface area contributed by atoms with Crippen LogP contribution in [0.1, 0.15) is 10.4 Å². The van der Waals surface area contributed by atoms with E-state index in [2.05, 4.69) is 0 Å². The zero-order chi connectivity index (χ0) is 9.00. The molecule has 0 radical (unpaired) electrons. The molecule has 0 unspecified atom stereocenters. The summed E-state index contributed by atoms with van der Waals surface area (Å²) in [6.45, 7) is 0.0273. The van der Waals surface area contributed by atoms with Gasteiger partial charge in [0.15, 0.2) is 11.5 Å². The van der Waals surface area contributed by atoms with Gasteiger partial charge in [-0.05, 0) is 0 Å². The van der Waals surface area contributed by atoms with Crippen LogP contribution in [0.3, 0.4) is 0 Å². The van der Waals surface area contributed by atoms with Crippen molar-refractivity contribution in [3.05, 3.63) is 11.6 Å². The quantitative estimate of drug-likeness (QED) is 0.594. The topological polar surface area (TPSA) is 65.0 Å². The lowest BCUT2D eigenvalue weighted by atomic mass is 10.1. The Bertz CT molecular complexity index is 423. The van der Waals surface area contributed by atoms with Crippen molar-refractivity contribution < 1.29 is 24.1 Å². The van der Waals surface area contributed by atoms with Crippen molar-refractivity contribution in [3.63, 3.8) is 0 Å². The molecule has 0 aliphatic carbocycles. The number of benzene rings is 1. The van der Waals surface area contributed by atoms with E-state index in [1.54, 1.807) is 0 Å². The number of fused-ring (bicyclic) bond motifs is 4. The Labute approximate surface area is 72.4 Å².